The van der Waals surface area contributed by atoms with Crippen molar-refractivity contribution >= 4 is 17.4 Å². The van der Waals surface area contributed by atoms with E-state index >= 15 is 0 Å². The second-order valence-electron chi connectivity index (χ2n) is 9.89. The molecule has 38 heavy (non-hydrogen) atoms. The van der Waals surface area contributed by atoms with Crippen molar-refractivity contribution in [3.8, 4) is 22.5 Å². The number of fused-ring (bicyclic) bond motifs is 1. The van der Waals surface area contributed by atoms with E-state index in [1.165, 1.54) is 25.0 Å². The lowest BCUT2D eigenvalue weighted by Gasteiger charge is -2.26. The summed E-state index contributed by atoms with van der Waals surface area (Å²) in [5.41, 5.74) is 5.46. The Morgan fingerprint density at radius 1 is 0.947 bits per heavy atom. The Bertz CT molecular complexity index is 1580. The van der Waals surface area contributed by atoms with Crippen molar-refractivity contribution in [2.24, 2.45) is 0 Å². The number of amides is 1. The Labute approximate surface area is 217 Å². The van der Waals surface area contributed by atoms with Gasteiger partial charge in [-0.1, -0.05) is 12.1 Å². The first kappa shape index (κ1) is 24.1. The van der Waals surface area contributed by atoms with Gasteiger partial charge >= 0.3 is 0 Å². The molecule has 0 radical (unpaired) electrons. The number of halogens is 3. The monoisotopic (exact) mass is 515 g/mol. The van der Waals surface area contributed by atoms with Gasteiger partial charge in [-0.25, -0.2) is 14.4 Å². The van der Waals surface area contributed by atoms with Crippen LogP contribution in [-0.4, -0.2) is 27.4 Å². The van der Waals surface area contributed by atoms with Gasteiger partial charge in [0.15, 0.2) is 17.5 Å². The highest BCUT2D eigenvalue weighted by molar-refractivity contribution is 5.97. The number of nitrogens with one attached hydrogen (secondary N) is 2. The van der Waals surface area contributed by atoms with Crippen LogP contribution >= 0.6 is 0 Å². The van der Waals surface area contributed by atoms with Crippen LogP contribution in [0.2, 0.25) is 0 Å². The van der Waals surface area contributed by atoms with E-state index in [2.05, 4.69) is 37.7 Å². The fourth-order valence-electron chi connectivity index (χ4n) is 4.78. The fraction of sp³-hybridized carbons (Fsp3) is 0.241. The van der Waals surface area contributed by atoms with Crippen molar-refractivity contribution in [2.75, 3.05) is 11.9 Å². The van der Waals surface area contributed by atoms with Crippen LogP contribution in [-0.2, 0) is 5.92 Å². The third-order valence-electron chi connectivity index (χ3n) is 7.04. The minimum Gasteiger partial charge on any atom is -0.346 e. The maximum atomic E-state index is 14.7. The lowest BCUT2D eigenvalue weighted by Crippen LogP contribution is -2.41. The van der Waals surface area contributed by atoms with E-state index in [1.54, 1.807) is 0 Å². The number of alkyl halides is 2. The Balaban J connectivity index is 1.31. The molecule has 0 bridgehead atoms. The summed E-state index contributed by atoms with van der Waals surface area (Å²) < 4.78 is 43.5. The molecular weight excluding hydrogens is 491 g/mol. The van der Waals surface area contributed by atoms with E-state index in [-0.39, 0.29) is 17.1 Å². The number of aromatic nitrogens is 3. The predicted octanol–water partition coefficient (Wildman–Crippen LogP) is 6.42. The highest BCUT2D eigenvalue weighted by Gasteiger charge is 2.40. The second-order valence-corrected chi connectivity index (χ2v) is 9.89. The molecule has 192 valence electrons. The van der Waals surface area contributed by atoms with Crippen molar-refractivity contribution in [1.82, 2.24) is 20.3 Å². The number of hydrogen-bond acceptors (Lipinski definition) is 5. The van der Waals surface area contributed by atoms with E-state index in [0.717, 1.165) is 45.8 Å². The van der Waals surface area contributed by atoms with Crippen LogP contribution in [0, 0.1) is 19.7 Å². The predicted molar refractivity (Wildman–Crippen MR) is 138 cm³/mol. The zero-order valence-corrected chi connectivity index (χ0v) is 20.8. The van der Waals surface area contributed by atoms with Crippen LogP contribution in [0.4, 0.5) is 24.7 Å². The zero-order valence-electron chi connectivity index (χ0n) is 20.8. The fourth-order valence-corrected chi connectivity index (χ4v) is 4.78. The van der Waals surface area contributed by atoms with Crippen LogP contribution in [0.15, 0.2) is 54.9 Å². The number of pyridine rings is 1. The molecule has 2 aliphatic rings. The summed E-state index contributed by atoms with van der Waals surface area (Å²) >= 11 is 0. The molecule has 0 unspecified atom stereocenters. The van der Waals surface area contributed by atoms with Crippen LogP contribution in [0.3, 0.4) is 0 Å². The SMILES string of the molecule is Cc1cc(-c2ncc(F)c(Nc3ccc4c(c3)C(F)(F)CNC4=O)n2)c(C)cc1-c1ccc(C2CC2)nc1. The number of aryl methyl sites for hydroxylation is 2. The van der Waals surface area contributed by atoms with Crippen molar-refractivity contribution in [2.45, 2.75) is 38.5 Å². The first-order chi connectivity index (χ1) is 18.2. The Morgan fingerprint density at radius 3 is 2.45 bits per heavy atom. The van der Waals surface area contributed by atoms with Gasteiger partial charge in [0.2, 0.25) is 0 Å². The van der Waals surface area contributed by atoms with Crippen LogP contribution in [0.5, 0.6) is 0 Å². The molecule has 1 saturated carbocycles. The first-order valence-corrected chi connectivity index (χ1v) is 12.4. The van der Waals surface area contributed by atoms with E-state index < -0.39 is 29.8 Å². The van der Waals surface area contributed by atoms with Crippen LogP contribution < -0.4 is 10.6 Å². The standard InChI is InChI=1S/C29H24F3N5O/c1-15-10-22(16(2)9-21(15)18-5-8-25(33-12-18)17-3-4-17)26-34-13-24(30)27(37-26)36-19-6-7-20-23(11-19)29(31,32)14-35-28(20)38/h5-13,17H,3-4,14H2,1-2H3,(H,35,38)(H,34,36,37). The molecule has 2 aromatic heterocycles. The quantitative estimate of drug-likeness (QED) is 0.321. The van der Waals surface area contributed by atoms with Gasteiger partial charge in [-0.3, -0.25) is 9.78 Å². The van der Waals surface area contributed by atoms with E-state index in [9.17, 15) is 18.0 Å². The van der Waals surface area contributed by atoms with Gasteiger partial charge in [0.25, 0.3) is 11.8 Å². The van der Waals surface area contributed by atoms with Crippen molar-refractivity contribution in [3.63, 3.8) is 0 Å². The zero-order chi connectivity index (χ0) is 26.6. The minimum absolute atomic E-state index is 0.112. The summed E-state index contributed by atoms with van der Waals surface area (Å²) in [7, 11) is 0. The third-order valence-corrected chi connectivity index (χ3v) is 7.04. The van der Waals surface area contributed by atoms with E-state index in [4.69, 9.17) is 0 Å². The molecule has 1 fully saturated rings. The van der Waals surface area contributed by atoms with Gasteiger partial charge in [0, 0.05) is 45.7 Å². The number of benzene rings is 2. The van der Waals surface area contributed by atoms with Crippen molar-refractivity contribution < 1.29 is 18.0 Å². The Kier molecular flexibility index (Phi) is 5.66. The topological polar surface area (TPSA) is 79.8 Å². The van der Waals surface area contributed by atoms with Crippen molar-refractivity contribution in [3.05, 3.63) is 88.6 Å². The molecule has 0 saturated heterocycles. The molecule has 2 aromatic carbocycles. The average Bonchev–Trinajstić information content (AvgIpc) is 3.75. The lowest BCUT2D eigenvalue weighted by molar-refractivity contribution is -0.00832. The molecule has 0 spiro atoms. The number of carbonyl (C=O) groups is 1. The third kappa shape index (κ3) is 4.38. The summed E-state index contributed by atoms with van der Waals surface area (Å²) in [5.74, 6) is -3.81. The summed E-state index contributed by atoms with van der Waals surface area (Å²) in [5, 5.41) is 4.95. The Morgan fingerprint density at radius 2 is 1.71 bits per heavy atom. The highest BCUT2D eigenvalue weighted by Crippen LogP contribution is 2.40. The van der Waals surface area contributed by atoms with Gasteiger partial charge in [0.05, 0.1) is 12.7 Å². The summed E-state index contributed by atoms with van der Waals surface area (Å²) in [6.45, 7) is 3.13. The maximum Gasteiger partial charge on any atom is 0.291 e. The summed E-state index contributed by atoms with van der Waals surface area (Å²) in [4.78, 5) is 25.1. The number of nitrogens with zero attached hydrogens (tertiary/aromatic N) is 3. The Hall–Kier alpha value is -4.27. The molecule has 1 aliphatic heterocycles. The van der Waals surface area contributed by atoms with E-state index in [1.807, 2.05) is 32.2 Å². The smallest absolute Gasteiger partial charge is 0.291 e. The molecule has 6 nitrogen and oxygen atoms in total. The van der Waals surface area contributed by atoms with Crippen molar-refractivity contribution in [1.29, 1.82) is 0 Å². The maximum absolute atomic E-state index is 14.7. The summed E-state index contributed by atoms with van der Waals surface area (Å²) in [6, 6.07) is 12.0. The largest absolute Gasteiger partial charge is 0.346 e. The van der Waals surface area contributed by atoms with E-state index in [0.29, 0.717) is 11.7 Å². The molecule has 3 heterocycles. The second kappa shape index (κ2) is 8.93. The normalized spacial score (nSPS) is 16.1. The summed E-state index contributed by atoms with van der Waals surface area (Å²) in [6.07, 6.45) is 5.35. The molecule has 4 aromatic rings. The molecule has 9 heteroatoms. The number of rotatable bonds is 5. The molecule has 2 N–H and O–H groups in total. The van der Waals surface area contributed by atoms with Crippen LogP contribution in [0.1, 0.15) is 51.5 Å². The van der Waals surface area contributed by atoms with Gasteiger partial charge in [-0.2, -0.15) is 8.78 Å². The van der Waals surface area contributed by atoms with Gasteiger partial charge in [-0.05, 0) is 73.7 Å². The lowest BCUT2D eigenvalue weighted by atomic mass is 9.95. The molecule has 1 amide bonds. The number of carbonyl (C=O) groups excluding carboxylic acids is 1. The number of hydrogen-bond donors (Lipinski definition) is 2. The minimum atomic E-state index is -3.24. The molecule has 1 aliphatic carbocycles. The van der Waals surface area contributed by atoms with Crippen LogP contribution in [0.25, 0.3) is 22.5 Å². The van der Waals surface area contributed by atoms with Gasteiger partial charge in [-0.15, -0.1) is 0 Å². The first-order valence-electron chi connectivity index (χ1n) is 12.4. The van der Waals surface area contributed by atoms with Gasteiger partial charge in [0.1, 0.15) is 0 Å². The molecule has 0 atom stereocenters. The molecule has 6 rings (SSSR count). The van der Waals surface area contributed by atoms with Gasteiger partial charge < -0.3 is 10.6 Å². The highest BCUT2D eigenvalue weighted by atomic mass is 19.3. The average molecular weight is 516 g/mol. The molecular formula is C29H24F3N5O. The number of anilines is 2.